The highest BCUT2D eigenvalue weighted by Gasteiger charge is 2.21. The molecule has 0 spiro atoms. The van der Waals surface area contributed by atoms with Crippen LogP contribution in [0.2, 0.25) is 5.02 Å². The zero-order valence-electron chi connectivity index (χ0n) is 13.5. The van der Waals surface area contributed by atoms with Crippen LogP contribution in [-0.4, -0.2) is 28.5 Å². The summed E-state index contributed by atoms with van der Waals surface area (Å²) < 4.78 is 6.72. The van der Waals surface area contributed by atoms with Crippen LogP contribution in [-0.2, 0) is 16.0 Å². The van der Waals surface area contributed by atoms with Gasteiger partial charge in [0.05, 0.1) is 18.5 Å². The standard InChI is InChI=1S/C18H18ClN3O2/c1-11-3-8-16-21-17(12-4-6-13(19)7-5-12)15(22(16)10-11)9-14(20)18(23)24-2/h3-8,10,14H,9,20H2,1-2H3. The Kier molecular flexibility index (Phi) is 4.55. The van der Waals surface area contributed by atoms with E-state index in [0.717, 1.165) is 28.2 Å². The van der Waals surface area contributed by atoms with Gasteiger partial charge in [-0.3, -0.25) is 4.79 Å². The number of rotatable bonds is 4. The molecule has 0 radical (unpaired) electrons. The van der Waals surface area contributed by atoms with Crippen LogP contribution in [0, 0.1) is 6.92 Å². The number of ether oxygens (including phenoxy) is 1. The van der Waals surface area contributed by atoms with Crippen molar-refractivity contribution in [3.63, 3.8) is 0 Å². The van der Waals surface area contributed by atoms with Crippen molar-refractivity contribution in [2.24, 2.45) is 5.73 Å². The van der Waals surface area contributed by atoms with Crippen molar-refractivity contribution in [3.05, 3.63) is 58.9 Å². The highest BCUT2D eigenvalue weighted by Crippen LogP contribution is 2.27. The number of aryl methyl sites for hydroxylation is 1. The number of methoxy groups -OCH3 is 1. The number of benzene rings is 1. The quantitative estimate of drug-likeness (QED) is 0.739. The number of aromatic nitrogens is 2. The third kappa shape index (κ3) is 3.13. The first-order valence-corrected chi connectivity index (χ1v) is 7.94. The summed E-state index contributed by atoms with van der Waals surface area (Å²) in [5, 5.41) is 0.658. The van der Waals surface area contributed by atoms with Crippen LogP contribution in [0.1, 0.15) is 11.3 Å². The van der Waals surface area contributed by atoms with Crippen LogP contribution < -0.4 is 5.73 Å². The molecule has 0 amide bonds. The van der Waals surface area contributed by atoms with E-state index in [2.05, 4.69) is 0 Å². The Balaban J connectivity index is 2.15. The summed E-state index contributed by atoms with van der Waals surface area (Å²) >= 11 is 5.98. The van der Waals surface area contributed by atoms with Gasteiger partial charge in [0.25, 0.3) is 0 Å². The molecule has 3 rings (SSSR count). The fraction of sp³-hybridized carbons (Fsp3) is 0.222. The Morgan fingerprint density at radius 2 is 2.00 bits per heavy atom. The summed E-state index contributed by atoms with van der Waals surface area (Å²) in [7, 11) is 1.33. The molecule has 0 fully saturated rings. The smallest absolute Gasteiger partial charge is 0.323 e. The van der Waals surface area contributed by atoms with Crippen molar-refractivity contribution >= 4 is 23.2 Å². The molecule has 0 saturated heterocycles. The lowest BCUT2D eigenvalue weighted by atomic mass is 10.1. The van der Waals surface area contributed by atoms with Crippen LogP contribution in [0.25, 0.3) is 16.9 Å². The first-order chi connectivity index (χ1) is 11.5. The number of carbonyl (C=O) groups is 1. The topological polar surface area (TPSA) is 69.6 Å². The van der Waals surface area contributed by atoms with Crippen molar-refractivity contribution in [3.8, 4) is 11.3 Å². The van der Waals surface area contributed by atoms with Gasteiger partial charge in [0.1, 0.15) is 11.7 Å². The van der Waals surface area contributed by atoms with Gasteiger partial charge in [0.15, 0.2) is 0 Å². The van der Waals surface area contributed by atoms with E-state index in [1.54, 1.807) is 0 Å². The fourth-order valence-corrected chi connectivity index (χ4v) is 2.80. The monoisotopic (exact) mass is 343 g/mol. The number of carbonyl (C=O) groups excluding carboxylic acids is 1. The molecular weight excluding hydrogens is 326 g/mol. The minimum absolute atomic E-state index is 0.329. The Hall–Kier alpha value is -2.37. The van der Waals surface area contributed by atoms with E-state index in [0.29, 0.717) is 11.4 Å². The molecule has 5 nitrogen and oxygen atoms in total. The number of nitrogens with two attached hydrogens (primary N) is 1. The predicted molar refractivity (Wildman–Crippen MR) is 94.1 cm³/mol. The number of esters is 1. The molecule has 1 atom stereocenters. The van der Waals surface area contributed by atoms with Crippen LogP contribution in [0.15, 0.2) is 42.6 Å². The maximum absolute atomic E-state index is 11.7. The molecule has 0 aliphatic heterocycles. The second-order valence-electron chi connectivity index (χ2n) is 5.68. The first-order valence-electron chi connectivity index (χ1n) is 7.56. The lowest BCUT2D eigenvalue weighted by Gasteiger charge is -2.11. The van der Waals surface area contributed by atoms with Crippen LogP contribution >= 0.6 is 11.6 Å². The van der Waals surface area contributed by atoms with Gasteiger partial charge in [-0.2, -0.15) is 0 Å². The van der Waals surface area contributed by atoms with Crippen molar-refractivity contribution in [2.45, 2.75) is 19.4 Å². The molecule has 1 unspecified atom stereocenters. The van der Waals surface area contributed by atoms with E-state index in [1.807, 2.05) is 53.9 Å². The summed E-state index contributed by atoms with van der Waals surface area (Å²) in [6, 6.07) is 10.6. The molecule has 124 valence electrons. The molecule has 6 heteroatoms. The van der Waals surface area contributed by atoms with E-state index in [1.165, 1.54) is 7.11 Å². The molecule has 2 aromatic heterocycles. The summed E-state index contributed by atoms with van der Waals surface area (Å²) in [5.41, 5.74) is 10.5. The maximum Gasteiger partial charge on any atom is 0.323 e. The van der Waals surface area contributed by atoms with Gasteiger partial charge in [0.2, 0.25) is 0 Å². The zero-order valence-corrected chi connectivity index (χ0v) is 14.2. The number of nitrogens with zero attached hydrogens (tertiary/aromatic N) is 2. The Morgan fingerprint density at radius 1 is 1.29 bits per heavy atom. The summed E-state index contributed by atoms with van der Waals surface area (Å²) in [4.78, 5) is 16.4. The largest absolute Gasteiger partial charge is 0.468 e. The molecule has 0 saturated carbocycles. The van der Waals surface area contributed by atoms with Gasteiger partial charge in [-0.25, -0.2) is 4.98 Å². The van der Waals surface area contributed by atoms with Crippen molar-refractivity contribution in [1.29, 1.82) is 0 Å². The van der Waals surface area contributed by atoms with Gasteiger partial charge in [-0.05, 0) is 30.7 Å². The average molecular weight is 344 g/mol. The number of hydrogen-bond acceptors (Lipinski definition) is 4. The van der Waals surface area contributed by atoms with Gasteiger partial charge < -0.3 is 14.9 Å². The molecule has 1 aromatic carbocycles. The SMILES string of the molecule is COC(=O)C(N)Cc1c(-c2ccc(Cl)cc2)nc2ccc(C)cn12. The van der Waals surface area contributed by atoms with Crippen molar-refractivity contribution < 1.29 is 9.53 Å². The lowest BCUT2D eigenvalue weighted by molar-refractivity contribution is -0.142. The van der Waals surface area contributed by atoms with E-state index in [4.69, 9.17) is 27.1 Å². The average Bonchev–Trinajstić information content (AvgIpc) is 2.92. The van der Waals surface area contributed by atoms with E-state index < -0.39 is 12.0 Å². The Morgan fingerprint density at radius 3 is 2.67 bits per heavy atom. The second kappa shape index (κ2) is 6.63. The number of halogens is 1. The molecular formula is C18H18ClN3O2. The Labute approximate surface area is 145 Å². The number of fused-ring (bicyclic) bond motifs is 1. The van der Waals surface area contributed by atoms with Crippen LogP contribution in [0.3, 0.4) is 0 Å². The summed E-state index contributed by atoms with van der Waals surface area (Å²) in [6.07, 6.45) is 2.32. The fourth-order valence-electron chi connectivity index (χ4n) is 2.68. The van der Waals surface area contributed by atoms with Crippen molar-refractivity contribution in [2.75, 3.05) is 7.11 Å². The molecule has 0 aliphatic rings. The molecule has 2 heterocycles. The van der Waals surface area contributed by atoms with E-state index >= 15 is 0 Å². The number of hydrogen-bond donors (Lipinski definition) is 1. The van der Waals surface area contributed by atoms with Crippen LogP contribution in [0.4, 0.5) is 0 Å². The molecule has 24 heavy (non-hydrogen) atoms. The molecule has 3 aromatic rings. The summed E-state index contributed by atoms with van der Waals surface area (Å²) in [5.74, 6) is -0.445. The minimum atomic E-state index is -0.749. The van der Waals surface area contributed by atoms with Gasteiger partial charge >= 0.3 is 5.97 Å². The highest BCUT2D eigenvalue weighted by molar-refractivity contribution is 6.30. The second-order valence-corrected chi connectivity index (χ2v) is 6.12. The lowest BCUT2D eigenvalue weighted by Crippen LogP contribution is -2.34. The Bertz CT molecular complexity index is 887. The number of imidazole rings is 1. The third-order valence-electron chi connectivity index (χ3n) is 3.90. The highest BCUT2D eigenvalue weighted by atomic mass is 35.5. The maximum atomic E-state index is 11.7. The van der Waals surface area contributed by atoms with Crippen LogP contribution in [0.5, 0.6) is 0 Å². The normalized spacial score (nSPS) is 12.3. The third-order valence-corrected chi connectivity index (χ3v) is 4.15. The van der Waals surface area contributed by atoms with E-state index in [-0.39, 0.29) is 0 Å². The molecule has 2 N–H and O–H groups in total. The molecule has 0 bridgehead atoms. The van der Waals surface area contributed by atoms with Gasteiger partial charge in [-0.1, -0.05) is 29.8 Å². The van der Waals surface area contributed by atoms with E-state index in [9.17, 15) is 4.79 Å². The predicted octanol–water partition coefficient (Wildman–Crippen LogP) is 3.01. The minimum Gasteiger partial charge on any atom is -0.468 e. The summed E-state index contributed by atoms with van der Waals surface area (Å²) in [6.45, 7) is 2.01. The molecule has 0 aliphatic carbocycles. The first kappa shape index (κ1) is 16.5. The van der Waals surface area contributed by atoms with Gasteiger partial charge in [-0.15, -0.1) is 0 Å². The zero-order chi connectivity index (χ0) is 17.3. The number of pyridine rings is 1. The van der Waals surface area contributed by atoms with Crippen molar-refractivity contribution in [1.82, 2.24) is 9.38 Å². The van der Waals surface area contributed by atoms with Gasteiger partial charge in [0, 0.05) is 23.2 Å².